The van der Waals surface area contributed by atoms with Crippen LogP contribution in [0.3, 0.4) is 0 Å². The molecule has 1 saturated heterocycles. The van der Waals surface area contributed by atoms with Gasteiger partial charge in [0.1, 0.15) is 10.6 Å². The first-order valence-corrected chi connectivity index (χ1v) is 12.6. The van der Waals surface area contributed by atoms with Crippen LogP contribution >= 0.6 is 11.3 Å². The number of benzene rings is 2. The van der Waals surface area contributed by atoms with Gasteiger partial charge < -0.3 is 9.47 Å². The highest BCUT2D eigenvalue weighted by Crippen LogP contribution is 2.39. The molecule has 10 heteroatoms. The normalized spacial score (nSPS) is 16.6. The first-order chi connectivity index (χ1) is 15.4. The van der Waals surface area contributed by atoms with E-state index >= 15 is 0 Å². The third-order valence-electron chi connectivity index (χ3n) is 5.42. The molecule has 0 spiro atoms. The number of fused-ring (bicyclic) bond motifs is 1. The molecule has 1 aromatic heterocycles. The zero-order valence-corrected chi connectivity index (χ0v) is 20.0. The average Bonchev–Trinajstić information content (AvgIpc) is 3.18. The number of hydrogen-bond donors (Lipinski definition) is 0. The average molecular weight is 496 g/mol. The third kappa shape index (κ3) is 4.39. The molecule has 0 aliphatic carbocycles. The number of sulfone groups is 1. The number of ether oxygens (including phenoxy) is 2. The molecule has 0 saturated carbocycles. The Kier molecular flexibility index (Phi) is 6.05. The van der Waals surface area contributed by atoms with Gasteiger partial charge in [-0.1, -0.05) is 0 Å². The molecule has 4 rings (SSSR count). The number of aromatic nitrogens is 1. The number of hydrogen-bond acceptors (Lipinski definition) is 7. The van der Waals surface area contributed by atoms with Gasteiger partial charge in [-0.3, -0.25) is 4.79 Å². The second-order valence-corrected chi connectivity index (χ2v) is 12.2. The molecule has 0 bridgehead atoms. The predicted molar refractivity (Wildman–Crippen MR) is 121 cm³/mol. The van der Waals surface area contributed by atoms with E-state index < -0.39 is 37.8 Å². The minimum absolute atomic E-state index is 0.00885. The maximum atomic E-state index is 13.8. The summed E-state index contributed by atoms with van der Waals surface area (Å²) in [4.78, 5) is 17.5. The van der Waals surface area contributed by atoms with Gasteiger partial charge in [0.25, 0.3) is 0 Å². The fourth-order valence-corrected chi connectivity index (χ4v) is 6.72. The van der Waals surface area contributed by atoms with Gasteiger partial charge in [-0.25, -0.2) is 22.2 Å². The molecular formula is C23H23F2NO5S2. The molecule has 0 unspecified atom stereocenters. The molecule has 1 aliphatic rings. The largest absolute Gasteiger partial charge is 0.459 e. The Balaban J connectivity index is 1.77. The molecule has 3 aromatic rings. The molecule has 1 aliphatic heterocycles. The van der Waals surface area contributed by atoms with E-state index in [0.717, 1.165) is 23.5 Å². The maximum Gasteiger partial charge on any atom is 0.328 e. The minimum Gasteiger partial charge on any atom is -0.459 e. The summed E-state index contributed by atoms with van der Waals surface area (Å²) >= 11 is 1.15. The highest BCUT2D eigenvalue weighted by Gasteiger charge is 2.54. The molecule has 176 valence electrons. The lowest BCUT2D eigenvalue weighted by Crippen LogP contribution is -2.53. The van der Waals surface area contributed by atoms with E-state index in [1.165, 1.54) is 18.2 Å². The molecule has 1 fully saturated rings. The van der Waals surface area contributed by atoms with Gasteiger partial charge in [0, 0.05) is 31.6 Å². The number of carbonyl (C=O) groups is 1. The Morgan fingerprint density at radius 2 is 1.79 bits per heavy atom. The lowest BCUT2D eigenvalue weighted by atomic mass is 9.99. The maximum absolute atomic E-state index is 13.8. The van der Waals surface area contributed by atoms with Crippen LogP contribution in [0.25, 0.3) is 20.8 Å². The molecule has 0 N–H and O–H groups in total. The summed E-state index contributed by atoms with van der Waals surface area (Å²) < 4.78 is 64.1. The summed E-state index contributed by atoms with van der Waals surface area (Å²) in [6.45, 7) is 5.32. The van der Waals surface area contributed by atoms with Crippen molar-refractivity contribution in [2.45, 2.75) is 48.9 Å². The van der Waals surface area contributed by atoms with Crippen LogP contribution in [0.2, 0.25) is 0 Å². The Bertz CT molecular complexity index is 1320. The fraction of sp³-hybridized carbons (Fsp3) is 0.391. The van der Waals surface area contributed by atoms with Crippen molar-refractivity contribution in [3.05, 3.63) is 48.0 Å². The van der Waals surface area contributed by atoms with Gasteiger partial charge in [0.05, 0.1) is 15.1 Å². The lowest BCUT2D eigenvalue weighted by molar-refractivity contribution is -0.160. The number of halogens is 2. The zero-order valence-electron chi connectivity index (χ0n) is 18.4. The van der Waals surface area contributed by atoms with Crippen molar-refractivity contribution >= 4 is 37.4 Å². The smallest absolute Gasteiger partial charge is 0.328 e. The molecule has 2 heterocycles. The van der Waals surface area contributed by atoms with E-state index in [9.17, 15) is 22.0 Å². The van der Waals surface area contributed by atoms with E-state index in [1.54, 1.807) is 26.8 Å². The highest BCUT2D eigenvalue weighted by atomic mass is 32.2. The Labute approximate surface area is 194 Å². The van der Waals surface area contributed by atoms with E-state index in [4.69, 9.17) is 9.47 Å². The zero-order chi connectivity index (χ0) is 24.0. The topological polar surface area (TPSA) is 82.6 Å². The van der Waals surface area contributed by atoms with Crippen molar-refractivity contribution in [1.82, 2.24) is 4.98 Å². The standard InChI is InChI=1S/C23H23F2NO5S2/c1-22(2,3)31-21(27)23(8-10-30-11-9-23)33(28,29)15-5-7-18-19(13-15)32-20(26-18)14-4-6-16(24)17(25)12-14/h4-7,12-13H,8-11H2,1-3H3. The van der Waals surface area contributed by atoms with Crippen LogP contribution in [-0.4, -0.2) is 42.9 Å². The Morgan fingerprint density at radius 3 is 2.42 bits per heavy atom. The summed E-state index contributed by atoms with van der Waals surface area (Å²) in [5.41, 5.74) is 0.0462. The van der Waals surface area contributed by atoms with Crippen molar-refractivity contribution in [1.29, 1.82) is 0 Å². The van der Waals surface area contributed by atoms with E-state index in [2.05, 4.69) is 4.98 Å². The van der Waals surface area contributed by atoms with E-state index in [0.29, 0.717) is 20.8 Å². The van der Waals surface area contributed by atoms with Gasteiger partial charge in [0.2, 0.25) is 0 Å². The third-order valence-corrected chi connectivity index (χ3v) is 8.97. The summed E-state index contributed by atoms with van der Waals surface area (Å²) in [7, 11) is -4.14. The van der Waals surface area contributed by atoms with Gasteiger partial charge in [-0.15, -0.1) is 11.3 Å². The number of esters is 1. The van der Waals surface area contributed by atoms with Crippen LogP contribution in [0, 0.1) is 11.6 Å². The van der Waals surface area contributed by atoms with Crippen molar-refractivity contribution in [3.63, 3.8) is 0 Å². The van der Waals surface area contributed by atoms with Crippen LogP contribution < -0.4 is 0 Å². The van der Waals surface area contributed by atoms with Crippen molar-refractivity contribution < 1.29 is 31.5 Å². The van der Waals surface area contributed by atoms with Crippen LogP contribution in [0.5, 0.6) is 0 Å². The fourth-order valence-electron chi connectivity index (χ4n) is 3.71. The SMILES string of the molecule is CC(C)(C)OC(=O)C1(S(=O)(=O)c2ccc3nc(-c4ccc(F)c(F)c4)sc3c2)CCOCC1. The molecule has 33 heavy (non-hydrogen) atoms. The molecule has 0 radical (unpaired) electrons. The van der Waals surface area contributed by atoms with Crippen LogP contribution in [0.4, 0.5) is 8.78 Å². The van der Waals surface area contributed by atoms with Gasteiger partial charge >= 0.3 is 5.97 Å². The number of rotatable bonds is 4. The number of carbonyl (C=O) groups excluding carboxylic acids is 1. The summed E-state index contributed by atoms with van der Waals surface area (Å²) in [6.07, 6.45) is -0.0177. The Morgan fingerprint density at radius 1 is 1.09 bits per heavy atom. The second-order valence-electron chi connectivity index (χ2n) is 8.89. The van der Waals surface area contributed by atoms with Crippen LogP contribution in [0.1, 0.15) is 33.6 Å². The van der Waals surface area contributed by atoms with Crippen molar-refractivity contribution in [2.75, 3.05) is 13.2 Å². The minimum atomic E-state index is -4.14. The van der Waals surface area contributed by atoms with E-state index in [1.807, 2.05) is 0 Å². The molecule has 6 nitrogen and oxygen atoms in total. The van der Waals surface area contributed by atoms with E-state index in [-0.39, 0.29) is 31.0 Å². The first kappa shape index (κ1) is 23.7. The number of nitrogens with zero attached hydrogens (tertiary/aromatic N) is 1. The summed E-state index contributed by atoms with van der Waals surface area (Å²) in [5, 5.41) is 0.423. The predicted octanol–water partition coefficient (Wildman–Crippen LogP) is 4.91. The molecule has 0 atom stereocenters. The Hall–Kier alpha value is -2.43. The van der Waals surface area contributed by atoms with Gasteiger partial charge in [-0.2, -0.15) is 0 Å². The molecular weight excluding hydrogens is 472 g/mol. The molecule has 0 amide bonds. The van der Waals surface area contributed by atoms with Crippen molar-refractivity contribution in [2.24, 2.45) is 0 Å². The second kappa shape index (κ2) is 8.41. The summed E-state index contributed by atoms with van der Waals surface area (Å²) in [5.74, 6) is -2.74. The number of thiazole rings is 1. The van der Waals surface area contributed by atoms with Gasteiger partial charge in [0.15, 0.2) is 26.2 Å². The lowest BCUT2D eigenvalue weighted by Gasteiger charge is -2.36. The van der Waals surface area contributed by atoms with Crippen LogP contribution in [0.15, 0.2) is 41.3 Å². The highest BCUT2D eigenvalue weighted by molar-refractivity contribution is 7.93. The van der Waals surface area contributed by atoms with Crippen molar-refractivity contribution in [3.8, 4) is 10.6 Å². The van der Waals surface area contributed by atoms with Gasteiger partial charge in [-0.05, 0) is 57.2 Å². The quantitative estimate of drug-likeness (QED) is 0.479. The molecule has 2 aromatic carbocycles. The summed E-state index contributed by atoms with van der Waals surface area (Å²) in [6, 6.07) is 7.89. The monoisotopic (exact) mass is 495 g/mol. The van der Waals surface area contributed by atoms with Crippen LogP contribution in [-0.2, 0) is 24.1 Å². The first-order valence-electron chi connectivity index (χ1n) is 10.3.